The molecule has 0 spiro atoms. The molecule has 0 amide bonds. The lowest BCUT2D eigenvalue weighted by molar-refractivity contribution is 0.376. The summed E-state index contributed by atoms with van der Waals surface area (Å²) < 4.78 is 36.6. The minimum absolute atomic E-state index is 0.0130. The Balaban J connectivity index is 1.51. The molecule has 0 bridgehead atoms. The van der Waals surface area contributed by atoms with Crippen molar-refractivity contribution >= 4 is 21.5 Å². The highest BCUT2D eigenvalue weighted by Crippen LogP contribution is 2.56. The second-order valence-corrected chi connectivity index (χ2v) is 16.4. The van der Waals surface area contributed by atoms with E-state index in [4.69, 9.17) is 28.4 Å². The predicted molar refractivity (Wildman–Crippen MR) is 239 cm³/mol. The number of nitrogens with one attached hydrogen (secondary N) is 2. The average molecular weight is 813 g/mol. The molecule has 0 saturated heterocycles. The highest BCUT2D eigenvalue weighted by Gasteiger charge is 2.34. The van der Waals surface area contributed by atoms with Crippen LogP contribution in [-0.2, 0) is 12.8 Å². The summed E-state index contributed by atoms with van der Waals surface area (Å²) in [7, 11) is 9.96. The normalized spacial score (nSPS) is 18.5. The maximum absolute atomic E-state index is 12.1. The van der Waals surface area contributed by atoms with Crippen molar-refractivity contribution in [1.82, 2.24) is 10.6 Å². The van der Waals surface area contributed by atoms with Crippen molar-refractivity contribution < 1.29 is 38.6 Å². The van der Waals surface area contributed by atoms with Crippen LogP contribution in [0.15, 0.2) is 48.5 Å². The number of hydrogen-bond acceptors (Lipinski definition) is 10. The lowest BCUT2D eigenvalue weighted by atomic mass is 9.79. The Labute approximate surface area is 352 Å². The molecule has 0 fully saturated rings. The molecule has 8 rings (SSSR count). The van der Waals surface area contributed by atoms with E-state index in [0.717, 1.165) is 88.3 Å². The van der Waals surface area contributed by atoms with Gasteiger partial charge in [-0.25, -0.2) is 0 Å². The Hall–Kier alpha value is -5.84. The van der Waals surface area contributed by atoms with E-state index in [1.807, 2.05) is 18.2 Å². The van der Waals surface area contributed by atoms with E-state index in [1.54, 1.807) is 54.8 Å². The van der Waals surface area contributed by atoms with Crippen molar-refractivity contribution in [2.45, 2.75) is 78.6 Å². The number of ether oxygens (including phenoxy) is 6. The van der Waals surface area contributed by atoms with Gasteiger partial charge in [0.1, 0.15) is 46.0 Å². The molecule has 0 saturated carbocycles. The number of fused-ring (bicyclic) bond motifs is 4. The van der Waals surface area contributed by atoms with Crippen molar-refractivity contribution in [2.75, 3.05) is 42.7 Å². The molecule has 60 heavy (non-hydrogen) atoms. The van der Waals surface area contributed by atoms with Crippen LogP contribution in [0.4, 0.5) is 0 Å². The van der Waals surface area contributed by atoms with Gasteiger partial charge in [-0.15, -0.1) is 0 Å². The van der Waals surface area contributed by atoms with Gasteiger partial charge in [-0.2, -0.15) is 0 Å². The highest BCUT2D eigenvalue weighted by molar-refractivity contribution is 6.16. The number of aromatic hydroxyl groups is 2. The van der Waals surface area contributed by atoms with Crippen LogP contribution in [0, 0.1) is 13.8 Å². The van der Waals surface area contributed by atoms with Crippen LogP contribution < -0.4 is 39.1 Å². The fourth-order valence-corrected chi connectivity index (χ4v) is 10.5. The molecule has 4 N–H and O–H groups in total. The molecule has 10 heteroatoms. The predicted octanol–water partition coefficient (Wildman–Crippen LogP) is 10.3. The quantitative estimate of drug-likeness (QED) is 0.112. The highest BCUT2D eigenvalue weighted by atomic mass is 16.5. The zero-order valence-corrected chi connectivity index (χ0v) is 36.7. The maximum Gasteiger partial charge on any atom is 0.138 e. The van der Waals surface area contributed by atoms with Gasteiger partial charge < -0.3 is 49.3 Å². The fourth-order valence-electron chi connectivity index (χ4n) is 10.5. The summed E-state index contributed by atoms with van der Waals surface area (Å²) in [6, 6.07) is 16.0. The van der Waals surface area contributed by atoms with Crippen LogP contribution in [0.1, 0.15) is 73.2 Å². The summed E-state index contributed by atoms with van der Waals surface area (Å²) in [6.45, 7) is 12.7. The summed E-state index contributed by atoms with van der Waals surface area (Å²) in [6.07, 6.45) is 1.39. The molecular weight excluding hydrogens is 757 g/mol. The van der Waals surface area contributed by atoms with E-state index in [2.05, 4.69) is 70.4 Å². The first-order valence-electron chi connectivity index (χ1n) is 20.6. The zero-order valence-electron chi connectivity index (χ0n) is 36.7. The first kappa shape index (κ1) is 40.9. The minimum Gasteiger partial charge on any atom is -0.507 e. The number of methoxy groups -OCH3 is 6. The molecule has 6 aromatic rings. The third-order valence-corrected chi connectivity index (χ3v) is 12.7. The number of benzene rings is 6. The van der Waals surface area contributed by atoms with Gasteiger partial charge in [-0.1, -0.05) is 6.07 Å². The Kier molecular flexibility index (Phi) is 10.7. The minimum atomic E-state index is -0.0130. The average Bonchev–Trinajstić information content (AvgIpc) is 3.22. The molecule has 0 radical (unpaired) electrons. The maximum atomic E-state index is 12.1. The number of phenols is 2. The van der Waals surface area contributed by atoms with Crippen LogP contribution in [0.3, 0.4) is 0 Å². The molecule has 4 atom stereocenters. The van der Waals surface area contributed by atoms with Crippen molar-refractivity contribution in [2.24, 2.45) is 0 Å². The van der Waals surface area contributed by atoms with Crippen molar-refractivity contribution in [1.29, 1.82) is 0 Å². The van der Waals surface area contributed by atoms with E-state index in [1.165, 1.54) is 0 Å². The van der Waals surface area contributed by atoms with Crippen LogP contribution in [0.2, 0.25) is 0 Å². The Bertz CT molecular complexity index is 2710. The van der Waals surface area contributed by atoms with Gasteiger partial charge in [0.2, 0.25) is 0 Å². The summed E-state index contributed by atoms with van der Waals surface area (Å²) in [5.41, 5.74) is 11.0. The molecule has 2 aliphatic heterocycles. The largest absolute Gasteiger partial charge is 0.507 e. The van der Waals surface area contributed by atoms with Gasteiger partial charge in [0.25, 0.3) is 0 Å². The Morgan fingerprint density at radius 1 is 0.483 bits per heavy atom. The lowest BCUT2D eigenvalue weighted by Crippen LogP contribution is -2.36. The van der Waals surface area contributed by atoms with E-state index >= 15 is 0 Å². The summed E-state index contributed by atoms with van der Waals surface area (Å²) >= 11 is 0. The first-order chi connectivity index (χ1) is 28.8. The number of phenolic OH excluding ortho intramolecular Hbond substituents is 2. The lowest BCUT2D eigenvalue weighted by Gasteiger charge is -2.33. The van der Waals surface area contributed by atoms with Gasteiger partial charge in [-0.05, 0) is 129 Å². The Morgan fingerprint density at radius 2 is 0.950 bits per heavy atom. The third kappa shape index (κ3) is 6.22. The number of rotatable bonds is 9. The molecule has 0 aliphatic carbocycles. The van der Waals surface area contributed by atoms with E-state index in [-0.39, 0.29) is 35.7 Å². The first-order valence-corrected chi connectivity index (χ1v) is 20.6. The van der Waals surface area contributed by atoms with Gasteiger partial charge in [0, 0.05) is 69.5 Å². The summed E-state index contributed by atoms with van der Waals surface area (Å²) in [4.78, 5) is 0. The van der Waals surface area contributed by atoms with E-state index in [0.29, 0.717) is 47.3 Å². The SMILES string of the molecule is COc1cc(O)c(-c2c(C)cc(OC)c3c(OC)c(-c4ccc(OC)c5c(OC)cc(C)c(-c6c(O)cc(OC)c7c6C[C@H](C)N[C@H]7C)c45)ccc23)c2c1[C@H](C)N[C@@H](C)C2. The van der Waals surface area contributed by atoms with E-state index in [9.17, 15) is 10.2 Å². The van der Waals surface area contributed by atoms with Gasteiger partial charge in [-0.3, -0.25) is 0 Å². The molecule has 0 unspecified atom stereocenters. The molecule has 10 nitrogen and oxygen atoms in total. The van der Waals surface area contributed by atoms with Crippen LogP contribution in [0.25, 0.3) is 54.9 Å². The number of aryl methyl sites for hydroxylation is 2. The number of hydrogen-bond donors (Lipinski definition) is 4. The second-order valence-electron chi connectivity index (χ2n) is 16.4. The van der Waals surface area contributed by atoms with Crippen molar-refractivity contribution in [3.8, 4) is 79.4 Å². The fraction of sp³-hybridized carbons (Fsp3) is 0.360. The van der Waals surface area contributed by atoms with Crippen LogP contribution >= 0.6 is 0 Å². The monoisotopic (exact) mass is 812 g/mol. The van der Waals surface area contributed by atoms with Gasteiger partial charge in [0.05, 0.1) is 53.4 Å². The molecular formula is C50H56N2O8. The van der Waals surface area contributed by atoms with Crippen LogP contribution in [0.5, 0.6) is 46.0 Å². The molecule has 6 aromatic carbocycles. The standard InChI is InChI=1S/C50H56N2O8/c1-23-17-37(56-8)47-31(41(23)45-32-19-25(3)51-27(5)43(32)39(58-10)21-34(45)53)14-13-30(50(47)60-12)29-15-16-36(55-7)49-38(57-9)18-24(2)42(48(29)49)46-33-20-26(4)52-28(6)44(33)40(59-11)22-35(46)54/h13-18,21-22,25-28,51-54H,19-20H2,1-12H3/t25-,26-,27-,28-/m0/s1. The van der Waals surface area contributed by atoms with E-state index < -0.39 is 0 Å². The third-order valence-electron chi connectivity index (χ3n) is 12.7. The molecule has 2 aliphatic rings. The van der Waals surface area contributed by atoms with Gasteiger partial charge in [0.15, 0.2) is 0 Å². The second kappa shape index (κ2) is 15.6. The topological polar surface area (TPSA) is 120 Å². The zero-order chi connectivity index (χ0) is 42.9. The van der Waals surface area contributed by atoms with Gasteiger partial charge >= 0.3 is 0 Å². The van der Waals surface area contributed by atoms with Crippen molar-refractivity contribution in [3.05, 3.63) is 81.9 Å². The summed E-state index contributed by atoms with van der Waals surface area (Å²) in [5, 5.41) is 34.6. The smallest absolute Gasteiger partial charge is 0.138 e. The van der Waals surface area contributed by atoms with Crippen LogP contribution in [-0.4, -0.2) is 65.0 Å². The Morgan fingerprint density at radius 3 is 1.45 bits per heavy atom. The summed E-state index contributed by atoms with van der Waals surface area (Å²) in [5.74, 6) is 4.09. The molecule has 314 valence electrons. The molecule has 2 heterocycles. The van der Waals surface area contributed by atoms with Crippen molar-refractivity contribution in [3.63, 3.8) is 0 Å². The molecule has 0 aromatic heterocycles.